The van der Waals surface area contributed by atoms with Crippen molar-refractivity contribution in [1.29, 1.82) is 0 Å². The second-order valence-electron chi connectivity index (χ2n) is 8.13. The van der Waals surface area contributed by atoms with Crippen LogP contribution in [-0.4, -0.2) is 35.5 Å². The van der Waals surface area contributed by atoms with Crippen LogP contribution in [-0.2, 0) is 9.59 Å². The van der Waals surface area contributed by atoms with E-state index in [-0.39, 0.29) is 11.1 Å². The fourth-order valence-corrected chi connectivity index (χ4v) is 3.52. The maximum Gasteiger partial charge on any atom is 0.450 e. The van der Waals surface area contributed by atoms with Crippen LogP contribution in [0.3, 0.4) is 0 Å². The van der Waals surface area contributed by atoms with Gasteiger partial charge in [0.2, 0.25) is 11.6 Å². The number of benzene rings is 4. The number of carbonyl (C=O) groups is 4. The summed E-state index contributed by atoms with van der Waals surface area (Å²) in [4.78, 5) is 45.0. The van der Waals surface area contributed by atoms with Crippen LogP contribution in [0.2, 0.25) is 0 Å². The lowest BCUT2D eigenvalue weighted by Gasteiger charge is -2.07. The number of halogens is 6. The van der Waals surface area contributed by atoms with Gasteiger partial charge in [0.15, 0.2) is 11.6 Å². The third-order valence-corrected chi connectivity index (χ3v) is 5.44. The maximum absolute atomic E-state index is 12.1. The Kier molecular flexibility index (Phi) is 8.45. The predicted molar refractivity (Wildman–Crippen MR) is 128 cm³/mol. The molecular formula is C28H18F6O4. The molecule has 0 aromatic heterocycles. The second kappa shape index (κ2) is 11.4. The van der Waals surface area contributed by atoms with Crippen molar-refractivity contribution in [2.75, 3.05) is 0 Å². The van der Waals surface area contributed by atoms with Gasteiger partial charge < -0.3 is 0 Å². The van der Waals surface area contributed by atoms with E-state index in [1.807, 2.05) is 12.1 Å². The molecular weight excluding hydrogens is 514 g/mol. The van der Waals surface area contributed by atoms with Crippen LogP contribution < -0.4 is 0 Å². The summed E-state index contributed by atoms with van der Waals surface area (Å²) in [6, 6.07) is 23.3. The van der Waals surface area contributed by atoms with Crippen molar-refractivity contribution in [2.24, 2.45) is 0 Å². The lowest BCUT2D eigenvalue weighted by Crippen LogP contribution is -2.25. The number of alkyl halides is 6. The summed E-state index contributed by atoms with van der Waals surface area (Å²) >= 11 is 0. The van der Waals surface area contributed by atoms with Gasteiger partial charge in [-0.3, -0.25) is 19.2 Å². The zero-order valence-corrected chi connectivity index (χ0v) is 19.4. The first-order valence-corrected chi connectivity index (χ1v) is 11.0. The molecule has 0 radical (unpaired) electrons. The van der Waals surface area contributed by atoms with Crippen LogP contribution >= 0.6 is 0 Å². The summed E-state index contributed by atoms with van der Waals surface area (Å²) in [5, 5.41) is 2.91. The Morgan fingerprint density at radius 2 is 1.03 bits per heavy atom. The molecule has 4 rings (SSSR count). The second-order valence-corrected chi connectivity index (χ2v) is 8.13. The first-order chi connectivity index (χ1) is 17.8. The van der Waals surface area contributed by atoms with Gasteiger partial charge in [-0.2, -0.15) is 26.3 Å². The fraction of sp³-hybridized carbons (Fsp3) is 0.143. The molecule has 0 atom stereocenters. The highest BCUT2D eigenvalue weighted by molar-refractivity contribution is 6.15. The fourth-order valence-electron chi connectivity index (χ4n) is 3.52. The molecule has 38 heavy (non-hydrogen) atoms. The summed E-state index contributed by atoms with van der Waals surface area (Å²) in [5.74, 6) is -5.69. The minimum atomic E-state index is -4.97. The Labute approximate surface area is 211 Å². The maximum atomic E-state index is 12.1. The van der Waals surface area contributed by atoms with Crippen molar-refractivity contribution >= 4 is 44.7 Å². The molecule has 4 aromatic carbocycles. The van der Waals surface area contributed by atoms with E-state index in [1.54, 1.807) is 54.6 Å². The predicted octanol–water partition coefficient (Wildman–Crippen LogP) is 7.09. The topological polar surface area (TPSA) is 68.3 Å². The SMILES string of the molecule is O=C(CC(=O)C(F)(F)F)c1ccc2ccccc2c1.O=C(CC(=O)C(F)(F)F)c1cccc2ccccc12. The Bertz CT molecular complexity index is 1510. The van der Waals surface area contributed by atoms with Crippen molar-refractivity contribution in [3.63, 3.8) is 0 Å². The number of hydrogen-bond donors (Lipinski definition) is 0. The Balaban J connectivity index is 0.000000211. The van der Waals surface area contributed by atoms with E-state index >= 15 is 0 Å². The first-order valence-electron chi connectivity index (χ1n) is 11.0. The van der Waals surface area contributed by atoms with Gasteiger partial charge in [-0.15, -0.1) is 0 Å². The molecule has 196 valence electrons. The van der Waals surface area contributed by atoms with Crippen molar-refractivity contribution in [3.8, 4) is 0 Å². The minimum Gasteiger partial charge on any atom is -0.294 e. The summed E-state index contributed by atoms with van der Waals surface area (Å²) < 4.78 is 72.6. The quantitative estimate of drug-likeness (QED) is 0.151. The summed E-state index contributed by atoms with van der Waals surface area (Å²) in [6.45, 7) is 0. The molecule has 0 bridgehead atoms. The minimum absolute atomic E-state index is 0.108. The van der Waals surface area contributed by atoms with Gasteiger partial charge in [0.1, 0.15) is 0 Å². The summed E-state index contributed by atoms with van der Waals surface area (Å²) in [5.41, 5.74) is 0.243. The average Bonchev–Trinajstić information content (AvgIpc) is 2.87. The Morgan fingerprint density at radius 3 is 1.63 bits per heavy atom. The molecule has 0 saturated carbocycles. The molecule has 0 saturated heterocycles. The smallest absolute Gasteiger partial charge is 0.294 e. The number of ketones is 4. The van der Waals surface area contributed by atoms with Crippen LogP contribution in [0, 0.1) is 0 Å². The third-order valence-electron chi connectivity index (χ3n) is 5.44. The molecule has 0 amide bonds. The van der Waals surface area contributed by atoms with Gasteiger partial charge in [-0.25, -0.2) is 0 Å². The van der Waals surface area contributed by atoms with E-state index in [4.69, 9.17) is 0 Å². The van der Waals surface area contributed by atoms with Crippen molar-refractivity contribution in [3.05, 3.63) is 96.1 Å². The molecule has 0 unspecified atom stereocenters. The number of Topliss-reactive ketones (excluding diaryl/α,β-unsaturated/α-hetero) is 4. The Hall–Kier alpha value is -4.34. The molecule has 4 nitrogen and oxygen atoms in total. The van der Waals surface area contributed by atoms with Crippen molar-refractivity contribution < 1.29 is 45.5 Å². The molecule has 10 heteroatoms. The van der Waals surface area contributed by atoms with E-state index in [0.717, 1.165) is 16.2 Å². The van der Waals surface area contributed by atoms with E-state index in [2.05, 4.69) is 0 Å². The van der Waals surface area contributed by atoms with E-state index in [0.29, 0.717) is 5.39 Å². The van der Waals surface area contributed by atoms with E-state index in [9.17, 15) is 45.5 Å². The van der Waals surface area contributed by atoms with Crippen molar-refractivity contribution in [2.45, 2.75) is 25.2 Å². The van der Waals surface area contributed by atoms with Crippen LogP contribution in [0.25, 0.3) is 21.5 Å². The highest BCUT2D eigenvalue weighted by atomic mass is 19.4. The number of carbonyl (C=O) groups excluding carboxylic acids is 4. The zero-order valence-electron chi connectivity index (χ0n) is 19.4. The monoisotopic (exact) mass is 532 g/mol. The summed E-state index contributed by atoms with van der Waals surface area (Å²) in [7, 11) is 0. The van der Waals surface area contributed by atoms with Gasteiger partial charge in [0.05, 0.1) is 12.8 Å². The van der Waals surface area contributed by atoms with Gasteiger partial charge in [-0.05, 0) is 27.6 Å². The molecule has 0 N–H and O–H groups in total. The van der Waals surface area contributed by atoms with Gasteiger partial charge in [-0.1, -0.05) is 78.9 Å². The van der Waals surface area contributed by atoms with Crippen LogP contribution in [0.1, 0.15) is 33.6 Å². The Morgan fingerprint density at radius 1 is 0.526 bits per heavy atom. The molecule has 0 aliphatic carbocycles. The third kappa shape index (κ3) is 7.12. The number of rotatable bonds is 6. The standard InChI is InChI=1S/2C14H9F3O2/c15-14(16,17)13(19)8-12(18)11-7-3-5-9-4-1-2-6-10(9)11;15-14(16,17)13(19)8-12(18)11-6-5-9-3-1-2-4-10(9)7-11/h2*1-7H,8H2. The molecule has 0 spiro atoms. The van der Waals surface area contributed by atoms with Crippen LogP contribution in [0.15, 0.2) is 84.9 Å². The molecule has 0 fully saturated rings. The normalized spacial score (nSPS) is 11.5. The van der Waals surface area contributed by atoms with E-state index < -0.39 is 48.3 Å². The average molecular weight is 532 g/mol. The molecule has 0 aliphatic heterocycles. The lowest BCUT2D eigenvalue weighted by atomic mass is 9.99. The number of hydrogen-bond acceptors (Lipinski definition) is 4. The van der Waals surface area contributed by atoms with Gasteiger partial charge in [0, 0.05) is 11.1 Å². The molecule has 0 aliphatic rings. The highest BCUT2D eigenvalue weighted by Crippen LogP contribution is 2.24. The molecule has 4 aromatic rings. The van der Waals surface area contributed by atoms with E-state index in [1.165, 1.54) is 18.2 Å². The van der Waals surface area contributed by atoms with Crippen LogP contribution in [0.4, 0.5) is 26.3 Å². The zero-order chi connectivity index (χ0) is 28.1. The summed E-state index contributed by atoms with van der Waals surface area (Å²) in [6.07, 6.45) is -12.2. The first kappa shape index (κ1) is 28.2. The van der Waals surface area contributed by atoms with Crippen molar-refractivity contribution in [1.82, 2.24) is 0 Å². The highest BCUT2D eigenvalue weighted by Gasteiger charge is 2.40. The van der Waals surface area contributed by atoms with Gasteiger partial charge in [0.25, 0.3) is 0 Å². The molecule has 0 heterocycles. The lowest BCUT2D eigenvalue weighted by molar-refractivity contribution is -0.170. The largest absolute Gasteiger partial charge is 0.450 e. The van der Waals surface area contributed by atoms with Gasteiger partial charge >= 0.3 is 12.4 Å². The van der Waals surface area contributed by atoms with Crippen LogP contribution in [0.5, 0.6) is 0 Å². The number of fused-ring (bicyclic) bond motifs is 2.